The lowest BCUT2D eigenvalue weighted by Gasteiger charge is -2.08. The second kappa shape index (κ2) is 9.28. The Balaban J connectivity index is 1.45. The highest BCUT2D eigenvalue weighted by atomic mass is 16.6. The van der Waals surface area contributed by atoms with Crippen LogP contribution >= 0.6 is 0 Å². The monoisotopic (exact) mass is 463 g/mol. The van der Waals surface area contributed by atoms with E-state index in [1.807, 2.05) is 0 Å². The van der Waals surface area contributed by atoms with Crippen molar-refractivity contribution in [1.29, 1.82) is 0 Å². The summed E-state index contributed by atoms with van der Waals surface area (Å²) in [7, 11) is 0. The van der Waals surface area contributed by atoms with Crippen molar-refractivity contribution in [2.75, 3.05) is 6.54 Å². The molecule has 0 saturated heterocycles. The van der Waals surface area contributed by atoms with Crippen molar-refractivity contribution in [3.05, 3.63) is 103 Å². The van der Waals surface area contributed by atoms with Crippen molar-refractivity contribution in [1.82, 2.24) is 24.6 Å². The van der Waals surface area contributed by atoms with Crippen LogP contribution in [0.1, 0.15) is 15.9 Å². The molecule has 13 nitrogen and oxygen atoms in total. The molecular weight excluding hydrogens is 446 g/mol. The molecule has 1 N–H and O–H groups in total. The van der Waals surface area contributed by atoms with Gasteiger partial charge >= 0.3 is 0 Å². The lowest BCUT2D eigenvalue weighted by molar-refractivity contribution is -0.385. The maximum atomic E-state index is 12.8. The van der Waals surface area contributed by atoms with Crippen LogP contribution in [0.25, 0.3) is 11.0 Å². The van der Waals surface area contributed by atoms with E-state index in [4.69, 9.17) is 0 Å². The van der Waals surface area contributed by atoms with E-state index in [0.29, 0.717) is 11.2 Å². The Hall–Kier alpha value is -4.94. The average Bonchev–Trinajstić information content (AvgIpc) is 3.24. The van der Waals surface area contributed by atoms with Crippen LogP contribution in [0.3, 0.4) is 0 Å². The molecule has 0 aliphatic heterocycles. The largest absolute Gasteiger partial charge is 0.350 e. The van der Waals surface area contributed by atoms with E-state index in [1.54, 1.807) is 12.1 Å². The van der Waals surface area contributed by atoms with Crippen molar-refractivity contribution in [3.63, 3.8) is 0 Å². The van der Waals surface area contributed by atoms with Gasteiger partial charge in [0.15, 0.2) is 5.65 Å². The molecule has 0 atom stereocenters. The highest BCUT2D eigenvalue weighted by Gasteiger charge is 2.19. The zero-order valence-electron chi connectivity index (χ0n) is 17.5. The van der Waals surface area contributed by atoms with Crippen molar-refractivity contribution < 1.29 is 14.6 Å². The van der Waals surface area contributed by atoms with E-state index in [2.05, 4.69) is 15.4 Å². The molecule has 0 radical (unpaired) electrons. The second-order valence-corrected chi connectivity index (χ2v) is 7.24. The third kappa shape index (κ3) is 4.48. The molecular formula is C21H17N7O6. The van der Waals surface area contributed by atoms with Crippen LogP contribution in [-0.4, -0.2) is 41.6 Å². The van der Waals surface area contributed by atoms with Gasteiger partial charge in [0.2, 0.25) is 0 Å². The molecule has 2 aromatic heterocycles. The molecule has 0 saturated carbocycles. The Morgan fingerprint density at radius 2 is 1.76 bits per heavy atom. The Kier molecular flexibility index (Phi) is 6.07. The smallest absolute Gasteiger partial charge is 0.282 e. The summed E-state index contributed by atoms with van der Waals surface area (Å²) >= 11 is 0. The van der Waals surface area contributed by atoms with Gasteiger partial charge in [0.05, 0.1) is 29.1 Å². The summed E-state index contributed by atoms with van der Waals surface area (Å²) in [4.78, 5) is 50.2. The van der Waals surface area contributed by atoms with E-state index in [1.165, 1.54) is 58.2 Å². The summed E-state index contributed by atoms with van der Waals surface area (Å²) in [6, 6.07) is 11.5. The number of nitrogens with zero attached hydrogens (tertiary/aromatic N) is 6. The number of benzene rings is 2. The van der Waals surface area contributed by atoms with E-state index in [-0.39, 0.29) is 47.5 Å². The van der Waals surface area contributed by atoms with Crippen molar-refractivity contribution >= 4 is 28.3 Å². The molecule has 4 rings (SSSR count). The number of non-ortho nitro benzene ring substituents is 1. The van der Waals surface area contributed by atoms with Crippen LogP contribution in [0, 0.1) is 20.2 Å². The standard InChI is InChI=1S/C21H17N7O6/c29-20(16-3-1-2-4-18(16)28(33)34)22-9-10-26-19-17(11-24-26)21(30)25(13-23-19)12-14-5-7-15(8-6-14)27(31)32/h1-8,11,13H,9-10,12H2,(H,22,29). The molecule has 0 fully saturated rings. The van der Waals surface area contributed by atoms with E-state index in [9.17, 15) is 29.8 Å². The van der Waals surface area contributed by atoms with Gasteiger partial charge in [-0.2, -0.15) is 5.10 Å². The minimum atomic E-state index is -0.623. The zero-order valence-corrected chi connectivity index (χ0v) is 17.5. The Labute approximate surface area is 190 Å². The molecule has 13 heteroatoms. The number of fused-ring (bicyclic) bond motifs is 1. The summed E-state index contributed by atoms with van der Waals surface area (Å²) < 4.78 is 2.82. The molecule has 172 valence electrons. The summed E-state index contributed by atoms with van der Waals surface area (Å²) in [5.41, 5.74) is 0.298. The van der Waals surface area contributed by atoms with Gasteiger partial charge in [0.25, 0.3) is 22.8 Å². The molecule has 2 heterocycles. The molecule has 2 aromatic carbocycles. The number of amides is 1. The van der Waals surface area contributed by atoms with Gasteiger partial charge in [-0.05, 0) is 11.6 Å². The SMILES string of the molecule is O=C(NCCn1ncc2c(=O)n(Cc3ccc([N+](=O)[O-])cc3)cnc21)c1ccccc1[N+](=O)[O-]. The first kappa shape index (κ1) is 22.3. The lowest BCUT2D eigenvalue weighted by Crippen LogP contribution is -2.28. The fraction of sp³-hybridized carbons (Fsp3) is 0.143. The first-order valence-corrected chi connectivity index (χ1v) is 10.0. The molecule has 0 aliphatic carbocycles. The quantitative estimate of drug-likeness (QED) is 0.305. The van der Waals surface area contributed by atoms with Gasteiger partial charge < -0.3 is 5.32 Å². The molecule has 0 unspecified atom stereocenters. The summed E-state index contributed by atoms with van der Waals surface area (Å²) in [5, 5.41) is 28.9. The topological polar surface area (TPSA) is 168 Å². The van der Waals surface area contributed by atoms with Crippen LogP contribution in [0.15, 0.2) is 65.8 Å². The number of nitrogens with one attached hydrogen (secondary N) is 1. The van der Waals surface area contributed by atoms with Crippen LogP contribution < -0.4 is 10.9 Å². The number of carbonyl (C=O) groups is 1. The van der Waals surface area contributed by atoms with Crippen molar-refractivity contribution in [3.8, 4) is 0 Å². The fourth-order valence-corrected chi connectivity index (χ4v) is 3.39. The molecule has 0 aliphatic rings. The third-order valence-corrected chi connectivity index (χ3v) is 5.08. The van der Waals surface area contributed by atoms with E-state index >= 15 is 0 Å². The van der Waals surface area contributed by atoms with Crippen LogP contribution in [0.5, 0.6) is 0 Å². The number of nitro groups is 2. The highest BCUT2D eigenvalue weighted by Crippen LogP contribution is 2.17. The maximum absolute atomic E-state index is 12.8. The first-order valence-electron chi connectivity index (χ1n) is 10.0. The molecule has 0 spiro atoms. The zero-order chi connectivity index (χ0) is 24.2. The minimum Gasteiger partial charge on any atom is -0.350 e. The number of hydrogen-bond acceptors (Lipinski definition) is 8. The third-order valence-electron chi connectivity index (χ3n) is 5.08. The van der Waals surface area contributed by atoms with Crippen LogP contribution in [-0.2, 0) is 13.1 Å². The predicted molar refractivity (Wildman–Crippen MR) is 119 cm³/mol. The molecule has 0 bridgehead atoms. The Morgan fingerprint density at radius 1 is 1.03 bits per heavy atom. The van der Waals surface area contributed by atoms with Gasteiger partial charge in [0.1, 0.15) is 17.3 Å². The van der Waals surface area contributed by atoms with Crippen molar-refractivity contribution in [2.24, 2.45) is 0 Å². The Morgan fingerprint density at radius 3 is 2.47 bits per heavy atom. The number of hydrogen-bond donors (Lipinski definition) is 1. The van der Waals surface area contributed by atoms with Crippen molar-refractivity contribution in [2.45, 2.75) is 13.1 Å². The van der Waals surface area contributed by atoms with Gasteiger partial charge in [-0.1, -0.05) is 24.3 Å². The number of carbonyl (C=O) groups excluding carboxylic acids is 1. The van der Waals surface area contributed by atoms with E-state index < -0.39 is 15.8 Å². The van der Waals surface area contributed by atoms with Gasteiger partial charge in [-0.3, -0.25) is 34.4 Å². The van der Waals surface area contributed by atoms with E-state index in [0.717, 1.165) is 0 Å². The van der Waals surface area contributed by atoms with Gasteiger partial charge in [-0.25, -0.2) is 9.67 Å². The number of para-hydroxylation sites is 1. The molecule has 4 aromatic rings. The molecule has 1 amide bonds. The number of aromatic nitrogens is 4. The molecule has 34 heavy (non-hydrogen) atoms. The van der Waals surface area contributed by atoms with Crippen LogP contribution in [0.4, 0.5) is 11.4 Å². The maximum Gasteiger partial charge on any atom is 0.282 e. The summed E-state index contributed by atoms with van der Waals surface area (Å²) in [6.45, 7) is 0.473. The Bertz CT molecular complexity index is 1460. The van der Waals surface area contributed by atoms with Gasteiger partial charge in [0, 0.05) is 24.7 Å². The normalized spacial score (nSPS) is 10.8. The number of rotatable bonds is 8. The summed E-state index contributed by atoms with van der Waals surface area (Å²) in [5.74, 6) is -0.595. The van der Waals surface area contributed by atoms with Gasteiger partial charge in [-0.15, -0.1) is 0 Å². The predicted octanol–water partition coefficient (Wildman–Crippen LogP) is 1.89. The second-order valence-electron chi connectivity index (χ2n) is 7.24. The van der Waals surface area contributed by atoms with Crippen LogP contribution in [0.2, 0.25) is 0 Å². The highest BCUT2D eigenvalue weighted by molar-refractivity contribution is 5.98. The number of nitro benzene ring substituents is 2. The average molecular weight is 463 g/mol. The fourth-order valence-electron chi connectivity index (χ4n) is 3.39. The minimum absolute atomic E-state index is 0.0417. The first-order chi connectivity index (χ1) is 16.3. The lowest BCUT2D eigenvalue weighted by atomic mass is 10.1. The summed E-state index contributed by atoms with van der Waals surface area (Å²) in [6.07, 6.45) is 2.73.